The first kappa shape index (κ1) is 18.4. The summed E-state index contributed by atoms with van der Waals surface area (Å²) >= 11 is 7.52. The lowest BCUT2D eigenvalue weighted by Gasteiger charge is -2.28. The van der Waals surface area contributed by atoms with Crippen LogP contribution in [0.3, 0.4) is 0 Å². The van der Waals surface area contributed by atoms with Gasteiger partial charge in [-0.1, -0.05) is 17.7 Å². The zero-order valence-electron chi connectivity index (χ0n) is 14.1. The number of hydrogen-bond acceptors (Lipinski definition) is 6. The van der Waals surface area contributed by atoms with E-state index in [1.54, 1.807) is 16.8 Å². The van der Waals surface area contributed by atoms with Crippen LogP contribution in [0.25, 0.3) is 16.6 Å². The zero-order chi connectivity index (χ0) is 19.2. The highest BCUT2D eigenvalue weighted by Gasteiger charge is 2.32. The molecule has 1 saturated heterocycles. The lowest BCUT2D eigenvalue weighted by atomic mass is 10.1. The molecular weight excluding hydrogens is 408 g/mol. The molecule has 1 amide bonds. The Morgan fingerprint density at radius 1 is 1.37 bits per heavy atom. The van der Waals surface area contributed by atoms with Gasteiger partial charge in [0.1, 0.15) is 4.34 Å². The number of pyridine rings is 1. The molecule has 3 aromatic rings. The topological polar surface area (TPSA) is 107 Å². The van der Waals surface area contributed by atoms with E-state index in [1.807, 2.05) is 24.4 Å². The molecule has 0 spiro atoms. The highest BCUT2D eigenvalue weighted by molar-refractivity contribution is 7.91. The summed E-state index contributed by atoms with van der Waals surface area (Å²) in [5.74, 6) is -0.452. The maximum Gasteiger partial charge on any atom is 0.261 e. The van der Waals surface area contributed by atoms with Crippen molar-refractivity contribution < 1.29 is 13.2 Å². The van der Waals surface area contributed by atoms with Crippen LogP contribution in [0.4, 0.5) is 0 Å². The van der Waals surface area contributed by atoms with Crippen molar-refractivity contribution in [1.29, 1.82) is 0 Å². The largest absolute Gasteiger partial charge is 0.346 e. The van der Waals surface area contributed by atoms with Crippen LogP contribution in [-0.4, -0.2) is 47.5 Å². The Morgan fingerprint density at radius 2 is 2.19 bits per heavy atom. The van der Waals surface area contributed by atoms with Crippen LogP contribution in [0.5, 0.6) is 0 Å². The third-order valence-corrected chi connectivity index (χ3v) is 7.74. The summed E-state index contributed by atoms with van der Waals surface area (Å²) in [5, 5.41) is 7.04. The average Bonchev–Trinajstić information content (AvgIpc) is 3.21. The number of fused-ring (bicyclic) bond motifs is 1. The molecule has 3 aromatic heterocycles. The van der Waals surface area contributed by atoms with Crippen molar-refractivity contribution in [3.05, 3.63) is 45.9 Å². The molecule has 1 aliphatic heterocycles. The molecule has 10 heteroatoms. The number of halogens is 1. The SMILES string of the molecule is N[C@@H]1CCS(=O)(=O)C[C@@H]1NC(=O)c1cc(-c2cnn3ccccc23)c(Cl)s1. The Balaban J connectivity index is 1.60. The van der Waals surface area contributed by atoms with Crippen molar-refractivity contribution in [2.75, 3.05) is 11.5 Å². The summed E-state index contributed by atoms with van der Waals surface area (Å²) in [6, 6.07) is 6.42. The lowest BCUT2D eigenvalue weighted by molar-refractivity contribution is 0.0938. The van der Waals surface area contributed by atoms with Gasteiger partial charge in [0.25, 0.3) is 5.91 Å². The van der Waals surface area contributed by atoms with Crippen molar-refractivity contribution in [1.82, 2.24) is 14.9 Å². The van der Waals surface area contributed by atoms with Crippen LogP contribution in [0.1, 0.15) is 16.1 Å². The summed E-state index contributed by atoms with van der Waals surface area (Å²) in [5.41, 5.74) is 8.41. The van der Waals surface area contributed by atoms with Gasteiger partial charge in [-0.2, -0.15) is 5.10 Å². The molecule has 3 N–H and O–H groups in total. The first-order chi connectivity index (χ1) is 12.8. The quantitative estimate of drug-likeness (QED) is 0.668. The van der Waals surface area contributed by atoms with Gasteiger partial charge >= 0.3 is 0 Å². The second-order valence-electron chi connectivity index (χ2n) is 6.53. The van der Waals surface area contributed by atoms with Gasteiger partial charge < -0.3 is 11.1 Å². The number of aromatic nitrogens is 2. The molecule has 2 atom stereocenters. The maximum absolute atomic E-state index is 12.6. The van der Waals surface area contributed by atoms with E-state index < -0.39 is 15.9 Å². The van der Waals surface area contributed by atoms with E-state index in [0.717, 1.165) is 22.4 Å². The van der Waals surface area contributed by atoms with Crippen molar-refractivity contribution >= 4 is 44.2 Å². The van der Waals surface area contributed by atoms with Crippen molar-refractivity contribution in [3.8, 4) is 11.1 Å². The Labute approximate surface area is 165 Å². The molecule has 1 fully saturated rings. The number of nitrogens with two attached hydrogens (primary N) is 1. The number of hydrogen-bond donors (Lipinski definition) is 2. The van der Waals surface area contributed by atoms with E-state index in [-0.39, 0.29) is 23.5 Å². The standard InChI is InChI=1S/C17H17ClN4O3S2/c18-16-10(11-8-20-22-5-2-1-3-14(11)22)7-15(26-16)17(23)21-13-9-27(24,25)6-4-12(13)19/h1-3,5,7-8,12-13H,4,6,9,19H2,(H,21,23)/t12-,13+/m1/s1. The molecule has 0 saturated carbocycles. The monoisotopic (exact) mass is 424 g/mol. The Kier molecular flexibility index (Phi) is 4.71. The number of rotatable bonds is 3. The van der Waals surface area contributed by atoms with Gasteiger partial charge in [-0.25, -0.2) is 12.9 Å². The molecule has 0 aliphatic carbocycles. The average molecular weight is 425 g/mol. The van der Waals surface area contributed by atoms with Gasteiger partial charge in [0.05, 0.1) is 34.1 Å². The van der Waals surface area contributed by atoms with Gasteiger partial charge in [0.15, 0.2) is 9.84 Å². The third kappa shape index (κ3) is 3.60. The normalized spacial score (nSPS) is 22.0. The van der Waals surface area contributed by atoms with Crippen molar-refractivity contribution in [3.63, 3.8) is 0 Å². The smallest absolute Gasteiger partial charge is 0.261 e. The maximum atomic E-state index is 12.6. The molecule has 0 bridgehead atoms. The van der Waals surface area contributed by atoms with Crippen LogP contribution in [0, 0.1) is 0 Å². The van der Waals surface area contributed by atoms with Gasteiger partial charge in [-0.15, -0.1) is 11.3 Å². The number of sulfone groups is 1. The van der Waals surface area contributed by atoms with Gasteiger partial charge in [-0.3, -0.25) is 4.79 Å². The molecule has 4 rings (SSSR count). The second kappa shape index (κ2) is 6.90. The Hall–Kier alpha value is -1.94. The number of carbonyl (C=O) groups is 1. The molecule has 7 nitrogen and oxygen atoms in total. The highest BCUT2D eigenvalue weighted by atomic mass is 35.5. The molecule has 1 aliphatic rings. The molecular formula is C17H17ClN4O3S2. The number of nitrogens with one attached hydrogen (secondary N) is 1. The second-order valence-corrected chi connectivity index (χ2v) is 10.4. The van der Waals surface area contributed by atoms with Gasteiger partial charge in [-0.05, 0) is 24.6 Å². The predicted octanol–water partition coefficient (Wildman–Crippen LogP) is 1.96. The summed E-state index contributed by atoms with van der Waals surface area (Å²) in [4.78, 5) is 13.0. The van der Waals surface area contributed by atoms with E-state index in [4.69, 9.17) is 17.3 Å². The first-order valence-corrected chi connectivity index (χ1v) is 11.3. The zero-order valence-corrected chi connectivity index (χ0v) is 16.5. The number of nitrogens with zero attached hydrogens (tertiary/aromatic N) is 2. The van der Waals surface area contributed by atoms with Crippen molar-refractivity contribution in [2.45, 2.75) is 18.5 Å². The van der Waals surface area contributed by atoms with E-state index in [2.05, 4.69) is 10.4 Å². The molecule has 0 unspecified atom stereocenters. The van der Waals surface area contributed by atoms with Crippen LogP contribution < -0.4 is 11.1 Å². The molecule has 0 radical (unpaired) electrons. The van der Waals surface area contributed by atoms with E-state index in [9.17, 15) is 13.2 Å². The Morgan fingerprint density at radius 3 is 3.00 bits per heavy atom. The van der Waals surface area contributed by atoms with Crippen LogP contribution in [-0.2, 0) is 9.84 Å². The van der Waals surface area contributed by atoms with E-state index >= 15 is 0 Å². The minimum Gasteiger partial charge on any atom is -0.346 e. The lowest BCUT2D eigenvalue weighted by Crippen LogP contribution is -2.55. The number of amides is 1. The fraction of sp³-hybridized carbons (Fsp3) is 0.294. The Bertz CT molecular complexity index is 1120. The third-order valence-electron chi connectivity index (χ3n) is 4.66. The summed E-state index contributed by atoms with van der Waals surface area (Å²) in [6.45, 7) is 0. The summed E-state index contributed by atoms with van der Waals surface area (Å²) < 4.78 is 25.9. The van der Waals surface area contributed by atoms with Crippen LogP contribution >= 0.6 is 22.9 Å². The van der Waals surface area contributed by atoms with Crippen molar-refractivity contribution in [2.24, 2.45) is 5.73 Å². The number of carbonyl (C=O) groups excluding carboxylic acids is 1. The minimum atomic E-state index is -3.18. The fourth-order valence-electron chi connectivity index (χ4n) is 3.19. The van der Waals surface area contributed by atoms with Gasteiger partial charge in [0, 0.05) is 23.4 Å². The van der Waals surface area contributed by atoms with E-state index in [1.165, 1.54) is 0 Å². The summed E-state index contributed by atoms with van der Waals surface area (Å²) in [6.07, 6.45) is 3.87. The highest BCUT2D eigenvalue weighted by Crippen LogP contribution is 2.37. The predicted molar refractivity (Wildman–Crippen MR) is 106 cm³/mol. The minimum absolute atomic E-state index is 0.0598. The molecule has 4 heterocycles. The number of thiophene rings is 1. The fourth-order valence-corrected chi connectivity index (χ4v) is 6.07. The van der Waals surface area contributed by atoms with Gasteiger partial charge in [0.2, 0.25) is 0 Å². The summed E-state index contributed by atoms with van der Waals surface area (Å²) in [7, 11) is -3.18. The van der Waals surface area contributed by atoms with Crippen LogP contribution in [0.2, 0.25) is 4.34 Å². The van der Waals surface area contributed by atoms with Crippen LogP contribution in [0.15, 0.2) is 36.7 Å². The molecule has 27 heavy (non-hydrogen) atoms. The van der Waals surface area contributed by atoms with E-state index in [0.29, 0.717) is 21.2 Å². The first-order valence-electron chi connectivity index (χ1n) is 8.33. The molecule has 142 valence electrons. The molecule has 0 aromatic carbocycles.